The number of urea groups is 1. The van der Waals surface area contributed by atoms with E-state index in [0.717, 1.165) is 5.56 Å². The fraction of sp³-hybridized carbons (Fsp3) is 0.325. The Morgan fingerprint density at radius 3 is 2.00 bits per heavy atom. The van der Waals surface area contributed by atoms with Gasteiger partial charge in [0.05, 0.1) is 34.0 Å². The third-order valence-corrected chi connectivity index (χ3v) is 8.92. The molecule has 0 aliphatic carbocycles. The standard InChI is InChI=1S/C40H44N2O10/c1-25(2)30-19-20-41(29-15-11-8-12-16-29)40(46)42(30)38(44)37(52-36-33(48-4)22-28(39(45)50-6)23-34(36)49-5)35(43)27-17-18-31(32(21-27)47-3)51-24-26-13-9-7-10-14-26/h7-18,21-23,25,30,35,37,43H,19-20,24H2,1-6H3/t30-,35-,37+/m0/s1. The summed E-state index contributed by atoms with van der Waals surface area (Å²) in [6.07, 6.45) is -2.88. The molecular weight excluding hydrogens is 668 g/mol. The van der Waals surface area contributed by atoms with Crippen molar-refractivity contribution < 1.29 is 47.9 Å². The van der Waals surface area contributed by atoms with Gasteiger partial charge >= 0.3 is 12.0 Å². The van der Waals surface area contributed by atoms with Crippen molar-refractivity contribution in [3.63, 3.8) is 0 Å². The summed E-state index contributed by atoms with van der Waals surface area (Å²) >= 11 is 0. The van der Waals surface area contributed by atoms with Gasteiger partial charge in [0.25, 0.3) is 5.91 Å². The number of benzene rings is 4. The van der Waals surface area contributed by atoms with Gasteiger partial charge in [0.2, 0.25) is 11.9 Å². The number of hydrogen-bond acceptors (Lipinski definition) is 10. The number of rotatable bonds is 14. The Bertz CT molecular complexity index is 1830. The maximum Gasteiger partial charge on any atom is 0.338 e. The predicted molar refractivity (Wildman–Crippen MR) is 193 cm³/mol. The second-order valence-corrected chi connectivity index (χ2v) is 12.4. The first-order valence-corrected chi connectivity index (χ1v) is 16.8. The molecule has 3 amide bonds. The highest BCUT2D eigenvalue weighted by atomic mass is 16.6. The van der Waals surface area contributed by atoms with Crippen molar-refractivity contribution in [3.05, 3.63) is 108 Å². The van der Waals surface area contributed by atoms with Crippen molar-refractivity contribution in [2.45, 2.75) is 45.1 Å². The van der Waals surface area contributed by atoms with Crippen LogP contribution < -0.4 is 28.6 Å². The molecule has 1 N–H and O–H groups in total. The average molecular weight is 713 g/mol. The molecule has 4 aromatic carbocycles. The van der Waals surface area contributed by atoms with Crippen molar-refractivity contribution in [2.75, 3.05) is 39.9 Å². The summed E-state index contributed by atoms with van der Waals surface area (Å²) in [5.74, 6) is -0.855. The lowest BCUT2D eigenvalue weighted by Gasteiger charge is -2.43. The molecule has 52 heavy (non-hydrogen) atoms. The monoisotopic (exact) mass is 712 g/mol. The number of aliphatic hydroxyl groups excluding tert-OH is 1. The van der Waals surface area contributed by atoms with Crippen LogP contribution in [0, 0.1) is 5.92 Å². The van der Waals surface area contributed by atoms with Crippen LogP contribution in [0.15, 0.2) is 91.0 Å². The van der Waals surface area contributed by atoms with Gasteiger partial charge in [-0.1, -0.05) is 68.4 Å². The Morgan fingerprint density at radius 1 is 0.808 bits per heavy atom. The van der Waals surface area contributed by atoms with Crippen LogP contribution in [-0.2, 0) is 16.1 Å². The summed E-state index contributed by atoms with van der Waals surface area (Å²) in [4.78, 5) is 44.3. The van der Waals surface area contributed by atoms with Crippen LogP contribution in [0.5, 0.6) is 28.7 Å². The van der Waals surface area contributed by atoms with Crippen molar-refractivity contribution in [1.29, 1.82) is 0 Å². The number of amides is 3. The van der Waals surface area contributed by atoms with Gasteiger partial charge < -0.3 is 33.5 Å². The van der Waals surface area contributed by atoms with Crippen molar-refractivity contribution in [3.8, 4) is 28.7 Å². The molecule has 0 unspecified atom stereocenters. The minimum Gasteiger partial charge on any atom is -0.493 e. The molecule has 0 spiro atoms. The summed E-state index contributed by atoms with van der Waals surface area (Å²) in [6, 6.07) is 25.2. The third kappa shape index (κ3) is 8.07. The molecule has 1 saturated heterocycles. The number of hydrogen-bond donors (Lipinski definition) is 1. The van der Waals surface area contributed by atoms with E-state index in [1.54, 1.807) is 30.3 Å². The smallest absolute Gasteiger partial charge is 0.338 e. The van der Waals surface area contributed by atoms with Crippen LogP contribution in [0.4, 0.5) is 10.5 Å². The summed E-state index contributed by atoms with van der Waals surface area (Å²) in [5.41, 5.74) is 1.93. The van der Waals surface area contributed by atoms with Crippen LogP contribution in [0.3, 0.4) is 0 Å². The molecule has 1 aliphatic heterocycles. The number of ether oxygens (including phenoxy) is 6. The molecule has 0 aromatic heterocycles. The Hall–Kier alpha value is -5.75. The van der Waals surface area contributed by atoms with Gasteiger partial charge in [-0.3, -0.25) is 14.6 Å². The largest absolute Gasteiger partial charge is 0.493 e. The Kier molecular flexibility index (Phi) is 12.2. The van der Waals surface area contributed by atoms with E-state index in [9.17, 15) is 19.5 Å². The SMILES string of the molecule is COC(=O)c1cc(OC)c(O[C@@H](C(=O)N2C(=O)N(c3ccccc3)CC[C@H]2C(C)C)[C@@H](O)c2ccc(OCc3ccccc3)c(OC)c2)c(OC)c1. The van der Waals surface area contributed by atoms with Gasteiger partial charge in [0, 0.05) is 18.3 Å². The predicted octanol–water partition coefficient (Wildman–Crippen LogP) is 6.44. The minimum absolute atomic E-state index is 0.0308. The molecule has 274 valence electrons. The normalized spacial score (nSPS) is 15.5. The number of carbonyl (C=O) groups is 3. The zero-order chi connectivity index (χ0) is 37.4. The van der Waals surface area contributed by atoms with Crippen molar-refractivity contribution in [2.24, 2.45) is 5.92 Å². The van der Waals surface area contributed by atoms with Gasteiger partial charge in [0.15, 0.2) is 23.0 Å². The van der Waals surface area contributed by atoms with Gasteiger partial charge in [-0.2, -0.15) is 0 Å². The number of nitrogens with zero attached hydrogens (tertiary/aromatic N) is 2. The first-order valence-electron chi connectivity index (χ1n) is 16.8. The number of para-hydroxylation sites is 1. The Morgan fingerprint density at radius 2 is 1.42 bits per heavy atom. The van der Waals surface area contributed by atoms with Gasteiger partial charge in [-0.25, -0.2) is 9.59 Å². The van der Waals surface area contributed by atoms with Crippen LogP contribution in [0.25, 0.3) is 0 Å². The second-order valence-electron chi connectivity index (χ2n) is 12.4. The fourth-order valence-corrected chi connectivity index (χ4v) is 6.14. The van der Waals surface area contributed by atoms with Gasteiger partial charge in [0.1, 0.15) is 12.7 Å². The zero-order valence-corrected chi connectivity index (χ0v) is 30.1. The molecule has 0 saturated carbocycles. The van der Waals surface area contributed by atoms with Crippen LogP contribution in [0.1, 0.15) is 47.9 Å². The van der Waals surface area contributed by atoms with E-state index in [-0.39, 0.29) is 40.9 Å². The molecule has 0 radical (unpaired) electrons. The molecule has 1 heterocycles. The summed E-state index contributed by atoms with van der Waals surface area (Å²) in [7, 11) is 5.42. The quantitative estimate of drug-likeness (QED) is 0.146. The van der Waals surface area contributed by atoms with E-state index in [2.05, 4.69) is 0 Å². The Balaban J connectivity index is 1.58. The van der Waals surface area contributed by atoms with E-state index in [4.69, 9.17) is 28.4 Å². The number of imide groups is 1. The highest BCUT2D eigenvalue weighted by molar-refractivity contribution is 6.05. The number of carbonyl (C=O) groups excluding carboxylic acids is 3. The molecule has 4 aromatic rings. The average Bonchev–Trinajstić information content (AvgIpc) is 3.18. The first kappa shape index (κ1) is 37.5. The number of aliphatic hydroxyl groups is 1. The Labute approximate surface area is 303 Å². The van der Waals surface area contributed by atoms with Gasteiger partial charge in [-0.05, 0) is 59.9 Å². The molecular formula is C40H44N2O10. The topological polar surface area (TPSA) is 133 Å². The molecule has 3 atom stereocenters. The summed E-state index contributed by atoms with van der Waals surface area (Å²) in [6.45, 7) is 4.52. The molecule has 1 fully saturated rings. The van der Waals surface area contributed by atoms with Crippen LogP contribution in [-0.4, -0.2) is 75.0 Å². The second kappa shape index (κ2) is 17.0. The molecule has 5 rings (SSSR count). The maximum absolute atomic E-state index is 14.9. The number of esters is 1. The lowest BCUT2D eigenvalue weighted by atomic mass is 9.94. The zero-order valence-electron chi connectivity index (χ0n) is 30.1. The van der Waals surface area contributed by atoms with Gasteiger partial charge in [-0.15, -0.1) is 0 Å². The molecule has 12 nitrogen and oxygen atoms in total. The fourth-order valence-electron chi connectivity index (χ4n) is 6.14. The molecule has 12 heteroatoms. The minimum atomic E-state index is -1.71. The van der Waals surface area contributed by atoms with E-state index in [0.29, 0.717) is 30.2 Å². The van der Waals surface area contributed by atoms with Crippen molar-refractivity contribution >= 4 is 23.6 Å². The number of methoxy groups -OCH3 is 4. The highest BCUT2D eigenvalue weighted by Gasteiger charge is 2.45. The summed E-state index contributed by atoms with van der Waals surface area (Å²) in [5, 5.41) is 12.1. The lowest BCUT2D eigenvalue weighted by Crippen LogP contribution is -2.61. The lowest BCUT2D eigenvalue weighted by molar-refractivity contribution is -0.144. The van der Waals surface area contributed by atoms with E-state index >= 15 is 0 Å². The third-order valence-electron chi connectivity index (χ3n) is 8.92. The first-order chi connectivity index (χ1) is 25.1. The van der Waals surface area contributed by atoms with Crippen molar-refractivity contribution in [1.82, 2.24) is 4.90 Å². The maximum atomic E-state index is 14.9. The van der Waals surface area contributed by atoms with Crippen LogP contribution in [0.2, 0.25) is 0 Å². The summed E-state index contributed by atoms with van der Waals surface area (Å²) < 4.78 is 34.1. The molecule has 1 aliphatic rings. The van der Waals surface area contributed by atoms with E-state index in [1.165, 1.54) is 50.4 Å². The van der Waals surface area contributed by atoms with E-state index < -0.39 is 36.2 Å². The van der Waals surface area contributed by atoms with Crippen LogP contribution >= 0.6 is 0 Å². The number of anilines is 1. The highest BCUT2D eigenvalue weighted by Crippen LogP contribution is 2.42. The van der Waals surface area contributed by atoms with E-state index in [1.807, 2.05) is 62.4 Å². The molecule has 0 bridgehead atoms.